The molecule has 0 fully saturated rings. The van der Waals surface area contributed by atoms with Gasteiger partial charge < -0.3 is 5.32 Å². The van der Waals surface area contributed by atoms with Crippen LogP contribution in [0.5, 0.6) is 0 Å². The van der Waals surface area contributed by atoms with Crippen molar-refractivity contribution in [2.24, 2.45) is 11.1 Å². The van der Waals surface area contributed by atoms with Crippen molar-refractivity contribution >= 4 is 33.2 Å². The molecule has 2 rings (SSSR count). The Labute approximate surface area is 146 Å². The number of rotatable bonds is 5. The summed E-state index contributed by atoms with van der Waals surface area (Å²) in [4.78, 5) is 12.6. The van der Waals surface area contributed by atoms with E-state index in [1.165, 1.54) is 24.3 Å². The number of halogens is 1. The van der Waals surface area contributed by atoms with Gasteiger partial charge in [0.25, 0.3) is 0 Å². The van der Waals surface area contributed by atoms with Gasteiger partial charge in [0.15, 0.2) is 0 Å². The van der Waals surface area contributed by atoms with E-state index >= 15 is 0 Å². The molecule has 2 aromatic carbocycles. The highest BCUT2D eigenvalue weighted by atomic mass is 35.5. The van der Waals surface area contributed by atoms with Crippen molar-refractivity contribution in [1.29, 1.82) is 0 Å². The molecular formula is C17H19ClN2O3S. The number of anilines is 1. The fourth-order valence-corrected chi connectivity index (χ4v) is 3.10. The van der Waals surface area contributed by atoms with Gasteiger partial charge in [0.05, 0.1) is 10.8 Å². The molecule has 2 aromatic rings. The van der Waals surface area contributed by atoms with E-state index in [1.54, 1.807) is 12.1 Å². The average Bonchev–Trinajstić information content (AvgIpc) is 2.49. The normalized spacial score (nSPS) is 12.9. The molecule has 5 nitrogen and oxygen atoms in total. The van der Waals surface area contributed by atoms with Gasteiger partial charge in [-0.15, -0.1) is 0 Å². The predicted molar refractivity (Wildman–Crippen MR) is 95.5 cm³/mol. The van der Waals surface area contributed by atoms with Gasteiger partial charge in [-0.3, -0.25) is 4.79 Å². The van der Waals surface area contributed by atoms with Crippen molar-refractivity contribution in [3.63, 3.8) is 0 Å². The van der Waals surface area contributed by atoms with E-state index in [-0.39, 0.29) is 22.6 Å². The number of hydrogen-bond donors (Lipinski definition) is 2. The van der Waals surface area contributed by atoms with E-state index in [4.69, 9.17) is 16.7 Å². The molecule has 0 radical (unpaired) electrons. The summed E-state index contributed by atoms with van der Waals surface area (Å²) < 4.78 is 22.5. The van der Waals surface area contributed by atoms with E-state index in [2.05, 4.69) is 5.32 Å². The van der Waals surface area contributed by atoms with Crippen molar-refractivity contribution in [1.82, 2.24) is 0 Å². The maximum Gasteiger partial charge on any atom is 0.238 e. The van der Waals surface area contributed by atoms with Crippen LogP contribution in [0.4, 0.5) is 5.69 Å². The Balaban J connectivity index is 2.21. The van der Waals surface area contributed by atoms with Crippen molar-refractivity contribution in [3.05, 3.63) is 59.1 Å². The van der Waals surface area contributed by atoms with Crippen LogP contribution >= 0.6 is 11.6 Å². The summed E-state index contributed by atoms with van der Waals surface area (Å²) in [5, 5.41) is 8.48. The van der Waals surface area contributed by atoms with Gasteiger partial charge in [0, 0.05) is 10.7 Å². The maximum absolute atomic E-state index is 12.6. The molecule has 0 bridgehead atoms. The molecule has 0 unspecified atom stereocenters. The zero-order valence-corrected chi connectivity index (χ0v) is 14.9. The summed E-state index contributed by atoms with van der Waals surface area (Å²) in [6, 6.07) is 12.9. The van der Waals surface area contributed by atoms with Gasteiger partial charge in [-0.05, 0) is 47.9 Å². The monoisotopic (exact) mass is 366 g/mol. The lowest BCUT2D eigenvalue weighted by molar-refractivity contribution is -0.118. The quantitative estimate of drug-likeness (QED) is 0.850. The Bertz CT molecular complexity index is 816. The summed E-state index contributed by atoms with van der Waals surface area (Å²) in [6.07, 6.45) is 0. The van der Waals surface area contributed by atoms with Gasteiger partial charge in [-0.1, -0.05) is 37.6 Å². The van der Waals surface area contributed by atoms with Crippen LogP contribution in [0.1, 0.15) is 25.3 Å². The number of nitrogens with one attached hydrogen (secondary N) is 1. The summed E-state index contributed by atoms with van der Waals surface area (Å²) in [6.45, 7) is 3.92. The van der Waals surface area contributed by atoms with E-state index in [1.807, 2.05) is 26.0 Å². The minimum absolute atomic E-state index is 0.00129. The van der Waals surface area contributed by atoms with Gasteiger partial charge >= 0.3 is 0 Å². The molecule has 3 N–H and O–H groups in total. The minimum Gasteiger partial charge on any atom is -0.326 e. The lowest BCUT2D eigenvalue weighted by atomic mass is 9.87. The second-order valence-electron chi connectivity index (χ2n) is 5.83. The Hall–Kier alpha value is -1.89. The zero-order chi connectivity index (χ0) is 17.9. The lowest BCUT2D eigenvalue weighted by Gasteiger charge is -2.21. The molecule has 0 aliphatic heterocycles. The van der Waals surface area contributed by atoms with Crippen molar-refractivity contribution in [2.75, 3.05) is 5.32 Å². The molecule has 1 atom stereocenters. The molecule has 0 aromatic heterocycles. The fourth-order valence-electron chi connectivity index (χ4n) is 2.46. The first kappa shape index (κ1) is 18.4. The maximum atomic E-state index is 12.6. The highest BCUT2D eigenvalue weighted by Crippen LogP contribution is 2.27. The lowest BCUT2D eigenvalue weighted by Crippen LogP contribution is -2.25. The average molecular weight is 367 g/mol. The number of sulfonamides is 1. The number of nitrogens with two attached hydrogens (primary N) is 1. The first-order valence-corrected chi connectivity index (χ1v) is 9.30. The third kappa shape index (κ3) is 4.56. The predicted octanol–water partition coefficient (Wildman–Crippen LogP) is 3.37. The number of amides is 1. The molecule has 0 aliphatic rings. The van der Waals surface area contributed by atoms with Gasteiger partial charge in [-0.2, -0.15) is 0 Å². The molecule has 0 heterocycles. The Morgan fingerprint density at radius 2 is 1.58 bits per heavy atom. The Kier molecular flexibility index (Phi) is 5.64. The second-order valence-corrected chi connectivity index (χ2v) is 7.83. The molecule has 0 saturated carbocycles. The van der Waals surface area contributed by atoms with Crippen molar-refractivity contribution < 1.29 is 13.2 Å². The topological polar surface area (TPSA) is 89.3 Å². The standard InChI is InChI=1S/C17H19ClN2O3S/c1-11(2)16(12-3-5-13(18)6-4-12)17(21)20-14-7-9-15(10-8-14)24(19,22)23/h3-11,16H,1-2H3,(H,20,21)(H2,19,22,23)/t16-/m0/s1. The van der Waals surface area contributed by atoms with Crippen LogP contribution < -0.4 is 10.5 Å². The van der Waals surface area contributed by atoms with Crippen molar-refractivity contribution in [3.8, 4) is 0 Å². The third-order valence-corrected chi connectivity index (χ3v) is 4.81. The molecule has 0 spiro atoms. The first-order valence-electron chi connectivity index (χ1n) is 7.37. The van der Waals surface area contributed by atoms with E-state index in [0.29, 0.717) is 10.7 Å². The van der Waals surface area contributed by atoms with E-state index < -0.39 is 10.0 Å². The molecule has 7 heteroatoms. The van der Waals surface area contributed by atoms with Crippen LogP contribution in [-0.4, -0.2) is 14.3 Å². The SMILES string of the molecule is CC(C)[C@H](C(=O)Nc1ccc(S(N)(=O)=O)cc1)c1ccc(Cl)cc1. The van der Waals surface area contributed by atoms with Crippen LogP contribution in [0.3, 0.4) is 0 Å². The minimum atomic E-state index is -3.75. The number of benzene rings is 2. The summed E-state index contributed by atoms with van der Waals surface area (Å²) in [5.74, 6) is -0.439. The Morgan fingerprint density at radius 3 is 2.04 bits per heavy atom. The number of primary sulfonamides is 1. The molecule has 1 amide bonds. The van der Waals surface area contributed by atoms with Crippen LogP contribution in [0.25, 0.3) is 0 Å². The molecule has 0 saturated heterocycles. The molecular weight excluding hydrogens is 348 g/mol. The van der Waals surface area contributed by atoms with Gasteiger partial charge in [0.1, 0.15) is 0 Å². The van der Waals surface area contributed by atoms with Gasteiger partial charge in [0.2, 0.25) is 15.9 Å². The van der Waals surface area contributed by atoms with Crippen molar-refractivity contribution in [2.45, 2.75) is 24.7 Å². The molecule has 0 aliphatic carbocycles. The zero-order valence-electron chi connectivity index (χ0n) is 13.4. The van der Waals surface area contributed by atoms with Crippen LogP contribution in [-0.2, 0) is 14.8 Å². The highest BCUT2D eigenvalue weighted by Gasteiger charge is 2.24. The summed E-state index contributed by atoms with van der Waals surface area (Å²) in [5.41, 5.74) is 1.38. The van der Waals surface area contributed by atoms with Crippen LogP contribution in [0.15, 0.2) is 53.4 Å². The van der Waals surface area contributed by atoms with Crippen LogP contribution in [0, 0.1) is 5.92 Å². The summed E-state index contributed by atoms with van der Waals surface area (Å²) >= 11 is 5.90. The largest absolute Gasteiger partial charge is 0.326 e. The highest BCUT2D eigenvalue weighted by molar-refractivity contribution is 7.89. The fraction of sp³-hybridized carbons (Fsp3) is 0.235. The van der Waals surface area contributed by atoms with E-state index in [9.17, 15) is 13.2 Å². The molecule has 128 valence electrons. The number of carbonyl (C=O) groups excluding carboxylic acids is 1. The van der Waals surface area contributed by atoms with Crippen LogP contribution in [0.2, 0.25) is 5.02 Å². The number of carbonyl (C=O) groups is 1. The first-order chi connectivity index (χ1) is 11.2. The summed E-state index contributed by atoms with van der Waals surface area (Å²) in [7, 11) is -3.75. The van der Waals surface area contributed by atoms with E-state index in [0.717, 1.165) is 5.56 Å². The third-order valence-electron chi connectivity index (χ3n) is 3.63. The number of hydrogen-bond acceptors (Lipinski definition) is 3. The smallest absolute Gasteiger partial charge is 0.238 e. The Morgan fingerprint density at radius 1 is 1.04 bits per heavy atom. The van der Waals surface area contributed by atoms with Gasteiger partial charge in [-0.25, -0.2) is 13.6 Å². The second kappa shape index (κ2) is 7.34. The molecule has 24 heavy (non-hydrogen) atoms.